The van der Waals surface area contributed by atoms with Gasteiger partial charge in [0.25, 0.3) is 0 Å². The normalized spacial score (nSPS) is 33.2. The maximum Gasteiger partial charge on any atom is 0.109 e. The third-order valence-electron chi connectivity index (χ3n) is 4.22. The van der Waals surface area contributed by atoms with E-state index in [4.69, 9.17) is 0 Å². The number of hydrogen-bond acceptors (Lipinski definition) is 3. The number of nitrogens with zero attached hydrogens (tertiary/aromatic N) is 1. The summed E-state index contributed by atoms with van der Waals surface area (Å²) in [5.41, 5.74) is -0.318. The molecule has 3 heteroatoms. The van der Waals surface area contributed by atoms with Crippen LogP contribution in [0.4, 0.5) is 0 Å². The van der Waals surface area contributed by atoms with Crippen molar-refractivity contribution in [1.82, 2.24) is 5.32 Å². The van der Waals surface area contributed by atoms with Gasteiger partial charge in [0.15, 0.2) is 0 Å². The minimum absolute atomic E-state index is 0.318. The fraction of sp³-hybridized carbons (Fsp3) is 0.643. The predicted octanol–water partition coefficient (Wildman–Crippen LogP) is 3.56. The van der Waals surface area contributed by atoms with Gasteiger partial charge in [-0.3, -0.25) is 5.32 Å². The van der Waals surface area contributed by atoms with E-state index >= 15 is 0 Å². The van der Waals surface area contributed by atoms with E-state index in [1.54, 1.807) is 11.3 Å². The van der Waals surface area contributed by atoms with Crippen LogP contribution in [0.3, 0.4) is 0 Å². The minimum Gasteiger partial charge on any atom is -0.294 e. The first-order chi connectivity index (χ1) is 8.18. The highest BCUT2D eigenvalue weighted by atomic mass is 32.1. The molecular formula is C14H20N2S. The van der Waals surface area contributed by atoms with Gasteiger partial charge in [0, 0.05) is 11.4 Å². The van der Waals surface area contributed by atoms with E-state index in [1.165, 1.54) is 11.3 Å². The summed E-state index contributed by atoms with van der Waals surface area (Å²) in [6.45, 7) is 5.31. The third kappa shape index (κ3) is 2.53. The molecule has 3 atom stereocenters. The molecule has 1 aliphatic rings. The van der Waals surface area contributed by atoms with Gasteiger partial charge >= 0.3 is 0 Å². The van der Waals surface area contributed by atoms with Gasteiger partial charge in [-0.2, -0.15) is 5.26 Å². The van der Waals surface area contributed by atoms with E-state index in [1.807, 2.05) is 0 Å². The molecule has 0 amide bonds. The Bertz CT molecular complexity index is 393. The summed E-state index contributed by atoms with van der Waals surface area (Å²) in [5, 5.41) is 15.2. The van der Waals surface area contributed by atoms with Gasteiger partial charge in [0.1, 0.15) is 5.54 Å². The molecule has 2 rings (SSSR count). The molecule has 1 saturated carbocycles. The molecule has 1 N–H and O–H groups in total. The van der Waals surface area contributed by atoms with Crippen molar-refractivity contribution in [2.45, 2.75) is 45.2 Å². The Labute approximate surface area is 108 Å². The molecule has 0 spiro atoms. The van der Waals surface area contributed by atoms with Crippen LogP contribution in [0, 0.1) is 23.2 Å². The Morgan fingerprint density at radius 2 is 2.41 bits per heavy atom. The minimum atomic E-state index is -0.318. The Balaban J connectivity index is 2.06. The third-order valence-corrected chi connectivity index (χ3v) is 5.10. The monoisotopic (exact) mass is 248 g/mol. The molecule has 1 aliphatic carbocycles. The summed E-state index contributed by atoms with van der Waals surface area (Å²) in [6, 6.07) is 6.74. The molecule has 1 fully saturated rings. The quantitative estimate of drug-likeness (QED) is 0.888. The molecule has 0 aromatic carbocycles. The van der Waals surface area contributed by atoms with E-state index in [0.717, 1.165) is 19.4 Å². The van der Waals surface area contributed by atoms with Crippen LogP contribution < -0.4 is 5.32 Å². The Morgan fingerprint density at radius 1 is 1.59 bits per heavy atom. The van der Waals surface area contributed by atoms with Crippen LogP contribution in [0.5, 0.6) is 0 Å². The average Bonchev–Trinajstić information content (AvgIpc) is 2.85. The zero-order chi connectivity index (χ0) is 12.3. The van der Waals surface area contributed by atoms with Gasteiger partial charge in [0.05, 0.1) is 6.07 Å². The summed E-state index contributed by atoms with van der Waals surface area (Å²) in [7, 11) is 0. The lowest BCUT2D eigenvalue weighted by Crippen LogP contribution is -2.52. The van der Waals surface area contributed by atoms with Crippen LogP contribution in [0.1, 0.15) is 38.0 Å². The van der Waals surface area contributed by atoms with E-state index in [-0.39, 0.29) is 5.54 Å². The van der Waals surface area contributed by atoms with Crippen molar-refractivity contribution in [1.29, 1.82) is 5.26 Å². The fourth-order valence-corrected chi connectivity index (χ4v) is 3.42. The molecule has 0 saturated heterocycles. The summed E-state index contributed by atoms with van der Waals surface area (Å²) in [4.78, 5) is 1.31. The average molecular weight is 248 g/mol. The van der Waals surface area contributed by atoms with Crippen molar-refractivity contribution in [3.05, 3.63) is 22.4 Å². The Hall–Kier alpha value is -0.850. The standard InChI is InChI=1S/C14H20N2S/c1-11-5-3-7-14(10-15,12(11)2)16-9-13-6-4-8-17-13/h4,6,8,11-12,16H,3,5,7,9H2,1-2H3. The Kier molecular flexibility index (Phi) is 3.86. The summed E-state index contributed by atoms with van der Waals surface area (Å²) < 4.78 is 0. The smallest absolute Gasteiger partial charge is 0.109 e. The first kappa shape index (κ1) is 12.6. The predicted molar refractivity (Wildman–Crippen MR) is 71.7 cm³/mol. The van der Waals surface area contributed by atoms with Crippen LogP contribution >= 0.6 is 11.3 Å². The van der Waals surface area contributed by atoms with Crippen molar-refractivity contribution in [2.24, 2.45) is 11.8 Å². The van der Waals surface area contributed by atoms with E-state index in [9.17, 15) is 5.26 Å². The maximum atomic E-state index is 9.55. The highest BCUT2D eigenvalue weighted by Gasteiger charge is 2.41. The molecule has 92 valence electrons. The first-order valence-electron chi connectivity index (χ1n) is 6.36. The lowest BCUT2D eigenvalue weighted by molar-refractivity contribution is 0.151. The second-order valence-corrected chi connectivity index (χ2v) is 6.21. The van der Waals surface area contributed by atoms with Crippen molar-refractivity contribution >= 4 is 11.3 Å². The molecule has 3 unspecified atom stereocenters. The second kappa shape index (κ2) is 5.20. The van der Waals surface area contributed by atoms with Gasteiger partial charge in [-0.15, -0.1) is 11.3 Å². The van der Waals surface area contributed by atoms with Gasteiger partial charge in [-0.05, 0) is 29.7 Å². The van der Waals surface area contributed by atoms with Gasteiger partial charge in [-0.1, -0.05) is 32.8 Å². The number of thiophene rings is 1. The topological polar surface area (TPSA) is 35.8 Å². The Morgan fingerprint density at radius 3 is 3.06 bits per heavy atom. The van der Waals surface area contributed by atoms with E-state index < -0.39 is 0 Å². The zero-order valence-corrected chi connectivity index (χ0v) is 11.4. The lowest BCUT2D eigenvalue weighted by atomic mass is 9.69. The maximum absolute atomic E-state index is 9.55. The summed E-state index contributed by atoms with van der Waals surface area (Å²) in [5.74, 6) is 1.07. The molecule has 0 aliphatic heterocycles. The van der Waals surface area contributed by atoms with Crippen molar-refractivity contribution < 1.29 is 0 Å². The second-order valence-electron chi connectivity index (χ2n) is 5.17. The number of rotatable bonds is 3. The van der Waals surface area contributed by atoms with Crippen LogP contribution in [0.25, 0.3) is 0 Å². The SMILES string of the molecule is CC1CCCC(C#N)(NCc2cccs2)C1C. The summed E-state index contributed by atoms with van der Waals surface area (Å²) >= 11 is 1.75. The van der Waals surface area contributed by atoms with Crippen molar-refractivity contribution in [3.8, 4) is 6.07 Å². The van der Waals surface area contributed by atoms with Crippen LogP contribution in [-0.4, -0.2) is 5.54 Å². The molecule has 1 aromatic heterocycles. The summed E-state index contributed by atoms with van der Waals surface area (Å²) in [6.07, 6.45) is 3.40. The largest absolute Gasteiger partial charge is 0.294 e. The first-order valence-corrected chi connectivity index (χ1v) is 7.24. The van der Waals surface area contributed by atoms with Gasteiger partial charge in [0.2, 0.25) is 0 Å². The number of hydrogen-bond donors (Lipinski definition) is 1. The number of nitrogens with one attached hydrogen (secondary N) is 1. The fourth-order valence-electron chi connectivity index (χ4n) is 2.77. The van der Waals surface area contributed by atoms with E-state index in [2.05, 4.69) is 42.7 Å². The molecule has 17 heavy (non-hydrogen) atoms. The molecule has 1 aromatic rings. The van der Waals surface area contributed by atoms with Crippen molar-refractivity contribution in [2.75, 3.05) is 0 Å². The molecule has 0 radical (unpaired) electrons. The molecular weight excluding hydrogens is 228 g/mol. The highest BCUT2D eigenvalue weighted by Crippen LogP contribution is 2.37. The zero-order valence-electron chi connectivity index (χ0n) is 10.6. The van der Waals surface area contributed by atoms with Crippen LogP contribution in [0.15, 0.2) is 17.5 Å². The van der Waals surface area contributed by atoms with Crippen LogP contribution in [0.2, 0.25) is 0 Å². The van der Waals surface area contributed by atoms with Gasteiger partial charge < -0.3 is 0 Å². The molecule has 0 bridgehead atoms. The number of nitriles is 1. The highest BCUT2D eigenvalue weighted by molar-refractivity contribution is 7.09. The molecule has 2 nitrogen and oxygen atoms in total. The van der Waals surface area contributed by atoms with Crippen molar-refractivity contribution in [3.63, 3.8) is 0 Å². The van der Waals surface area contributed by atoms with E-state index in [0.29, 0.717) is 11.8 Å². The van der Waals surface area contributed by atoms with Gasteiger partial charge in [-0.25, -0.2) is 0 Å². The lowest BCUT2D eigenvalue weighted by Gasteiger charge is -2.41. The van der Waals surface area contributed by atoms with Crippen LogP contribution in [-0.2, 0) is 6.54 Å². The molecule has 1 heterocycles.